The van der Waals surface area contributed by atoms with Crippen molar-refractivity contribution in [2.75, 3.05) is 23.9 Å². The van der Waals surface area contributed by atoms with Gasteiger partial charge in [-0.3, -0.25) is 14.3 Å². The van der Waals surface area contributed by atoms with Crippen molar-refractivity contribution in [1.29, 1.82) is 0 Å². The highest BCUT2D eigenvalue weighted by atomic mass is 28.4. The van der Waals surface area contributed by atoms with Gasteiger partial charge in [0.1, 0.15) is 18.3 Å². The summed E-state index contributed by atoms with van der Waals surface area (Å²) < 4.78 is 29.2. The van der Waals surface area contributed by atoms with Crippen molar-refractivity contribution in [2.24, 2.45) is 5.92 Å². The number of carbonyl (C=O) groups is 2. The van der Waals surface area contributed by atoms with Crippen molar-refractivity contribution < 1.29 is 48.7 Å². The number of nitrogens with one attached hydrogen (secondary N) is 1. The van der Waals surface area contributed by atoms with Crippen molar-refractivity contribution in [1.82, 2.24) is 15.0 Å². The molecule has 1 aromatic carbocycles. The summed E-state index contributed by atoms with van der Waals surface area (Å²) >= 11 is 0. The first-order valence-corrected chi connectivity index (χ1v) is 17.1. The Bertz CT molecular complexity index is 1370. The summed E-state index contributed by atoms with van der Waals surface area (Å²) in [4.78, 5) is 28.4. The molecule has 3 aliphatic rings. The average Bonchev–Trinajstić information content (AvgIpc) is 3.58. The van der Waals surface area contributed by atoms with Crippen LogP contribution in [-0.4, -0.2) is 111 Å². The van der Waals surface area contributed by atoms with Gasteiger partial charge in [0.15, 0.2) is 18.0 Å². The highest BCUT2D eigenvalue weighted by Crippen LogP contribution is 2.60. The molecule has 0 bridgehead atoms. The molecule has 1 aromatic heterocycles. The van der Waals surface area contributed by atoms with Crippen molar-refractivity contribution in [3.05, 3.63) is 35.7 Å². The molecule has 6 N–H and O–H groups in total. The zero-order valence-corrected chi connectivity index (χ0v) is 25.3. The number of fused-ring (bicyclic) bond motifs is 2. The summed E-state index contributed by atoms with van der Waals surface area (Å²) in [6.45, 7) is 5.28. The minimum Gasteiger partial charge on any atom is -0.396 e. The Morgan fingerprint density at radius 1 is 1.19 bits per heavy atom. The minimum atomic E-state index is -3.41. The maximum Gasteiger partial charge on any atom is 0.264 e. The van der Waals surface area contributed by atoms with Crippen LogP contribution in [0.3, 0.4) is 0 Å². The largest absolute Gasteiger partial charge is 0.396 e. The van der Waals surface area contributed by atoms with Crippen LogP contribution in [0.15, 0.2) is 24.4 Å². The summed E-state index contributed by atoms with van der Waals surface area (Å²) in [5.74, 6) is -1.82. The summed E-state index contributed by atoms with van der Waals surface area (Å²) in [6, 6.07) is 4.72. The third-order valence-corrected chi connectivity index (χ3v) is 11.3. The van der Waals surface area contributed by atoms with Crippen LogP contribution in [0.2, 0.25) is 18.6 Å². The first-order chi connectivity index (χ1) is 20.2. The molecule has 1 spiro atoms. The molecule has 0 radical (unpaired) electrons. The van der Waals surface area contributed by atoms with Gasteiger partial charge in [0.25, 0.3) is 11.8 Å². The third-order valence-electron chi connectivity index (χ3n) is 8.80. The van der Waals surface area contributed by atoms with Gasteiger partial charge in [0.05, 0.1) is 17.5 Å². The number of hydrogen-bond donors (Lipinski definition) is 6. The van der Waals surface area contributed by atoms with E-state index in [4.69, 9.17) is 14.6 Å². The zero-order valence-electron chi connectivity index (χ0n) is 24.3. The maximum absolute atomic E-state index is 16.0. The van der Waals surface area contributed by atoms with E-state index in [1.807, 2.05) is 0 Å². The van der Waals surface area contributed by atoms with Crippen LogP contribution in [0.1, 0.15) is 24.6 Å². The predicted octanol–water partition coefficient (Wildman–Crippen LogP) is -0.607. The molecule has 4 heterocycles. The molecule has 2 saturated heterocycles. The molecule has 3 aliphatic heterocycles. The van der Waals surface area contributed by atoms with Crippen LogP contribution in [0.5, 0.6) is 0 Å². The number of amides is 2. The van der Waals surface area contributed by atoms with Crippen molar-refractivity contribution in [3.8, 4) is 0 Å². The van der Waals surface area contributed by atoms with Gasteiger partial charge in [0.2, 0.25) is 8.41 Å². The van der Waals surface area contributed by atoms with Crippen molar-refractivity contribution in [2.45, 2.75) is 87.4 Å². The number of aryl methyl sites for hydroxylation is 1. The molecule has 2 fully saturated rings. The van der Waals surface area contributed by atoms with E-state index in [0.29, 0.717) is 36.3 Å². The first-order valence-electron chi connectivity index (χ1n) is 14.2. The number of nitrogens with zero attached hydrogens (tertiary/aromatic N) is 4. The van der Waals surface area contributed by atoms with E-state index in [0.717, 1.165) is 0 Å². The van der Waals surface area contributed by atoms with Crippen LogP contribution in [-0.2, 0) is 37.6 Å². The Morgan fingerprint density at radius 3 is 2.58 bits per heavy atom. The second-order valence-electron chi connectivity index (χ2n) is 12.0. The summed E-state index contributed by atoms with van der Waals surface area (Å²) in [5, 5.41) is 59.7. The lowest BCUT2D eigenvalue weighted by Crippen LogP contribution is -2.60. The number of aliphatic hydroxyl groups is 5. The van der Waals surface area contributed by atoms with Crippen LogP contribution in [0.25, 0.3) is 0 Å². The Hall–Kier alpha value is -2.83. The van der Waals surface area contributed by atoms with E-state index in [1.54, 1.807) is 50.1 Å². The molecule has 2 aromatic rings. The Morgan fingerprint density at radius 2 is 1.91 bits per heavy atom. The highest BCUT2D eigenvalue weighted by molar-refractivity contribution is 6.72. The normalized spacial score (nSPS) is 34.2. The van der Waals surface area contributed by atoms with Gasteiger partial charge in [-0.1, -0.05) is 12.1 Å². The standard InChI is InChI=1S/C27H38FN5O9Si/c1-13-23(43(3,4)28)18(7-9-33-12-15(8-10-34)30-31-33)42-27(13)16-11-14(5-6-17(16)32(2)26(27)40)29-24(38)22-20(36)19(35)21(37)25(39)41-22/h5-6,11-13,18-23,25,34-37,39H,7-10H2,1-4H3,(H,29,38)/t13-,18+,19+,20+,21-,22+,23-,25-,27+/m1/s1. The molecule has 14 nitrogen and oxygen atoms in total. The Labute approximate surface area is 248 Å². The van der Waals surface area contributed by atoms with Gasteiger partial charge < -0.3 is 49.3 Å². The fourth-order valence-corrected chi connectivity index (χ4v) is 9.27. The topological polar surface area (TPSA) is 200 Å². The fraction of sp³-hybridized carbons (Fsp3) is 0.630. The van der Waals surface area contributed by atoms with Crippen molar-refractivity contribution >= 4 is 31.6 Å². The maximum atomic E-state index is 16.0. The Kier molecular flexibility index (Phi) is 8.51. The van der Waals surface area contributed by atoms with Crippen molar-refractivity contribution in [3.63, 3.8) is 0 Å². The second-order valence-corrected chi connectivity index (χ2v) is 15.8. The highest BCUT2D eigenvalue weighted by Gasteiger charge is 2.66. The zero-order chi connectivity index (χ0) is 31.4. The lowest BCUT2D eigenvalue weighted by atomic mass is 9.82. The Balaban J connectivity index is 1.43. The molecular formula is C27H38FN5O9Si. The van der Waals surface area contributed by atoms with Crippen LogP contribution in [0.4, 0.5) is 15.5 Å². The number of carbonyl (C=O) groups excluding carboxylic acids is 2. The van der Waals surface area contributed by atoms with Gasteiger partial charge in [-0.05, 0) is 37.7 Å². The minimum absolute atomic E-state index is 0.0625. The monoisotopic (exact) mass is 623 g/mol. The predicted molar refractivity (Wildman–Crippen MR) is 151 cm³/mol. The van der Waals surface area contributed by atoms with E-state index < -0.39 is 68.2 Å². The number of aliphatic hydroxyl groups excluding tert-OH is 5. The van der Waals surface area contributed by atoms with Gasteiger partial charge in [0, 0.05) is 55.5 Å². The summed E-state index contributed by atoms with van der Waals surface area (Å²) in [5.41, 5.74) is -0.279. The van der Waals surface area contributed by atoms with Crippen LogP contribution in [0, 0.1) is 5.92 Å². The summed E-state index contributed by atoms with van der Waals surface area (Å²) in [6.07, 6.45) is -7.21. The quantitative estimate of drug-likeness (QED) is 0.162. The molecule has 43 heavy (non-hydrogen) atoms. The molecule has 2 amide bonds. The van der Waals surface area contributed by atoms with E-state index in [2.05, 4.69) is 15.6 Å². The number of halogens is 1. The van der Waals surface area contributed by atoms with Gasteiger partial charge in [-0.25, -0.2) is 0 Å². The number of hydrogen-bond acceptors (Lipinski definition) is 11. The number of anilines is 2. The molecule has 5 rings (SSSR count). The molecular weight excluding hydrogens is 585 g/mol. The molecule has 0 saturated carbocycles. The first kappa shape index (κ1) is 31.6. The van der Waals surface area contributed by atoms with E-state index in [-0.39, 0.29) is 18.2 Å². The van der Waals surface area contributed by atoms with Gasteiger partial charge >= 0.3 is 0 Å². The van der Waals surface area contributed by atoms with E-state index in [9.17, 15) is 30.0 Å². The number of ether oxygens (including phenoxy) is 2. The lowest BCUT2D eigenvalue weighted by Gasteiger charge is -2.37. The fourth-order valence-electron chi connectivity index (χ4n) is 6.73. The number of rotatable bonds is 8. The lowest BCUT2D eigenvalue weighted by molar-refractivity contribution is -0.274. The number of likely N-dealkylation sites (N-methyl/N-ethyl adjacent to an activating group) is 1. The van der Waals surface area contributed by atoms with E-state index >= 15 is 4.11 Å². The molecule has 0 aliphatic carbocycles. The number of aromatic nitrogens is 3. The van der Waals surface area contributed by atoms with Gasteiger partial charge in [-0.15, -0.1) is 5.10 Å². The van der Waals surface area contributed by atoms with Crippen LogP contribution < -0.4 is 10.2 Å². The SMILES string of the molecule is C[C@@H]1[C@@H]([Si](C)(C)F)[C@H](CCn2cc(CCO)nn2)O[C@@]12C(=O)N(C)c1ccc(NC(=O)[C@H]3O[C@@H](O)[C@H](O)[C@@H](O)[C@@H]3O)cc12. The smallest absolute Gasteiger partial charge is 0.264 e. The van der Waals surface area contributed by atoms with E-state index in [1.165, 1.54) is 11.0 Å². The number of benzene rings is 1. The molecule has 9 atom stereocenters. The third kappa shape index (κ3) is 5.39. The second kappa shape index (κ2) is 11.6. The molecule has 16 heteroatoms. The molecule has 0 unspecified atom stereocenters. The molecule has 236 valence electrons. The average molecular weight is 624 g/mol. The van der Waals surface area contributed by atoms with Crippen LogP contribution >= 0.6 is 0 Å². The summed E-state index contributed by atoms with van der Waals surface area (Å²) in [7, 11) is -1.81. The van der Waals surface area contributed by atoms with Gasteiger partial charge in [-0.2, -0.15) is 0 Å².